The van der Waals surface area contributed by atoms with E-state index in [1.54, 1.807) is 0 Å². The lowest BCUT2D eigenvalue weighted by atomic mass is 10.4. The van der Waals surface area contributed by atoms with Crippen LogP contribution in [0.5, 0.6) is 0 Å². The van der Waals surface area contributed by atoms with E-state index >= 15 is 0 Å². The predicted molar refractivity (Wildman–Crippen MR) is 72.3 cm³/mol. The molecule has 2 heterocycles. The molecule has 8 heteroatoms. The van der Waals surface area contributed by atoms with E-state index in [1.165, 1.54) is 11.3 Å². The number of aromatic amines is 1. The fraction of sp³-hybridized carbons (Fsp3) is 0.273. The molecule has 2 aromatic heterocycles. The fourth-order valence-corrected chi connectivity index (χ4v) is 2.56. The molecule has 2 rings (SSSR count). The van der Waals surface area contributed by atoms with Crippen molar-refractivity contribution < 1.29 is 4.39 Å². The SMILES string of the molecule is O=c1[nH]c(=O)n(CCNCc2ccc(Cl)s2)cc1F. The summed E-state index contributed by atoms with van der Waals surface area (Å²) in [4.78, 5) is 25.2. The summed E-state index contributed by atoms with van der Waals surface area (Å²) in [6.07, 6.45) is 0.908. The van der Waals surface area contributed by atoms with Gasteiger partial charge in [-0.15, -0.1) is 11.3 Å². The summed E-state index contributed by atoms with van der Waals surface area (Å²) in [6.45, 7) is 1.37. The van der Waals surface area contributed by atoms with Crippen molar-refractivity contribution in [3.63, 3.8) is 0 Å². The first-order valence-corrected chi connectivity index (χ1v) is 6.70. The maximum atomic E-state index is 13.0. The number of thiophene rings is 1. The summed E-state index contributed by atoms with van der Waals surface area (Å²) in [5.41, 5.74) is -1.62. The molecular weight excluding hydrogens is 293 g/mol. The third-order valence-electron chi connectivity index (χ3n) is 2.42. The van der Waals surface area contributed by atoms with Crippen molar-refractivity contribution in [2.45, 2.75) is 13.1 Å². The van der Waals surface area contributed by atoms with Crippen LogP contribution in [-0.4, -0.2) is 16.1 Å². The zero-order chi connectivity index (χ0) is 13.8. The van der Waals surface area contributed by atoms with Crippen molar-refractivity contribution in [1.82, 2.24) is 14.9 Å². The van der Waals surface area contributed by atoms with E-state index in [9.17, 15) is 14.0 Å². The van der Waals surface area contributed by atoms with Gasteiger partial charge in [-0.25, -0.2) is 4.79 Å². The molecule has 0 radical (unpaired) electrons. The van der Waals surface area contributed by atoms with Crippen LogP contribution in [0, 0.1) is 5.82 Å². The van der Waals surface area contributed by atoms with Crippen LogP contribution < -0.4 is 16.6 Å². The van der Waals surface area contributed by atoms with Gasteiger partial charge in [0.05, 0.1) is 10.5 Å². The zero-order valence-corrected chi connectivity index (χ0v) is 11.4. The van der Waals surface area contributed by atoms with Crippen LogP contribution >= 0.6 is 22.9 Å². The van der Waals surface area contributed by atoms with Gasteiger partial charge >= 0.3 is 5.69 Å². The molecule has 19 heavy (non-hydrogen) atoms. The molecule has 0 fully saturated rings. The maximum Gasteiger partial charge on any atom is 0.328 e. The smallest absolute Gasteiger partial charge is 0.310 e. The predicted octanol–water partition coefficient (Wildman–Crippen LogP) is 1.18. The summed E-state index contributed by atoms with van der Waals surface area (Å²) >= 11 is 7.26. The van der Waals surface area contributed by atoms with Gasteiger partial charge in [0.25, 0.3) is 5.56 Å². The normalized spacial score (nSPS) is 10.8. The molecule has 2 aromatic rings. The lowest BCUT2D eigenvalue weighted by molar-refractivity contribution is 0.530. The lowest BCUT2D eigenvalue weighted by Gasteiger charge is -2.05. The van der Waals surface area contributed by atoms with E-state index < -0.39 is 17.1 Å². The minimum Gasteiger partial charge on any atom is -0.310 e. The van der Waals surface area contributed by atoms with E-state index in [0.29, 0.717) is 13.1 Å². The van der Waals surface area contributed by atoms with Crippen molar-refractivity contribution in [2.75, 3.05) is 6.54 Å². The average molecular weight is 304 g/mol. The lowest BCUT2D eigenvalue weighted by Crippen LogP contribution is -2.33. The summed E-state index contributed by atoms with van der Waals surface area (Å²) in [5.74, 6) is -0.968. The highest BCUT2D eigenvalue weighted by molar-refractivity contribution is 7.16. The number of hydrogen-bond donors (Lipinski definition) is 2. The Morgan fingerprint density at radius 1 is 1.42 bits per heavy atom. The first-order valence-electron chi connectivity index (χ1n) is 5.50. The Bertz CT molecular complexity index is 679. The summed E-state index contributed by atoms with van der Waals surface area (Å²) in [7, 11) is 0. The standard InChI is InChI=1S/C11H11ClFN3O2S/c12-9-2-1-7(19-9)5-14-3-4-16-6-8(13)10(17)15-11(16)18/h1-2,6,14H,3-5H2,(H,15,17,18). The van der Waals surface area contributed by atoms with E-state index in [1.807, 2.05) is 17.1 Å². The number of nitrogens with one attached hydrogen (secondary N) is 2. The van der Waals surface area contributed by atoms with Crippen molar-refractivity contribution >= 4 is 22.9 Å². The van der Waals surface area contributed by atoms with Crippen molar-refractivity contribution in [2.24, 2.45) is 0 Å². The minimum absolute atomic E-state index is 0.269. The van der Waals surface area contributed by atoms with Crippen LogP contribution in [0.1, 0.15) is 4.88 Å². The van der Waals surface area contributed by atoms with Crippen LogP contribution in [0.25, 0.3) is 0 Å². The number of halogens is 2. The van der Waals surface area contributed by atoms with Gasteiger partial charge in [0, 0.05) is 24.5 Å². The quantitative estimate of drug-likeness (QED) is 0.815. The first-order chi connectivity index (χ1) is 9.06. The number of H-pyrrole nitrogens is 1. The Labute approximate surface area is 116 Å². The summed E-state index contributed by atoms with van der Waals surface area (Å²) < 4.78 is 14.8. The van der Waals surface area contributed by atoms with E-state index in [0.717, 1.165) is 20.0 Å². The highest BCUT2D eigenvalue weighted by atomic mass is 35.5. The van der Waals surface area contributed by atoms with Gasteiger partial charge in [-0.2, -0.15) is 4.39 Å². The Kier molecular flexibility index (Phi) is 4.52. The third kappa shape index (κ3) is 3.76. The number of aromatic nitrogens is 2. The highest BCUT2D eigenvalue weighted by Crippen LogP contribution is 2.20. The molecule has 102 valence electrons. The molecule has 0 amide bonds. The fourth-order valence-electron chi connectivity index (χ4n) is 1.51. The molecule has 0 saturated carbocycles. The average Bonchev–Trinajstić information content (AvgIpc) is 2.77. The van der Waals surface area contributed by atoms with Crippen LogP contribution in [0.2, 0.25) is 4.34 Å². The van der Waals surface area contributed by atoms with Gasteiger partial charge in [-0.05, 0) is 12.1 Å². The molecule has 0 bridgehead atoms. The molecule has 5 nitrogen and oxygen atoms in total. The Hall–Kier alpha value is -1.44. The van der Waals surface area contributed by atoms with Gasteiger partial charge < -0.3 is 5.32 Å². The van der Waals surface area contributed by atoms with Crippen LogP contribution in [0.4, 0.5) is 4.39 Å². The van der Waals surface area contributed by atoms with Crippen molar-refractivity contribution in [3.8, 4) is 0 Å². The molecule has 0 atom stereocenters. The van der Waals surface area contributed by atoms with Crippen LogP contribution in [0.15, 0.2) is 27.9 Å². The molecule has 0 saturated heterocycles. The van der Waals surface area contributed by atoms with E-state index in [4.69, 9.17) is 11.6 Å². The number of hydrogen-bond acceptors (Lipinski definition) is 4. The maximum absolute atomic E-state index is 13.0. The van der Waals surface area contributed by atoms with E-state index in [2.05, 4.69) is 5.32 Å². The van der Waals surface area contributed by atoms with Gasteiger partial charge in [0.15, 0.2) is 0 Å². The Morgan fingerprint density at radius 2 is 2.21 bits per heavy atom. The van der Waals surface area contributed by atoms with Gasteiger partial charge in [0.2, 0.25) is 5.82 Å². The Morgan fingerprint density at radius 3 is 2.89 bits per heavy atom. The second-order valence-electron chi connectivity index (χ2n) is 3.81. The molecular formula is C11H11ClFN3O2S. The molecule has 0 unspecified atom stereocenters. The van der Waals surface area contributed by atoms with Crippen molar-refractivity contribution in [1.29, 1.82) is 0 Å². The first kappa shape index (κ1) is 14.0. The second-order valence-corrected chi connectivity index (χ2v) is 5.61. The van der Waals surface area contributed by atoms with Crippen LogP contribution in [0.3, 0.4) is 0 Å². The largest absolute Gasteiger partial charge is 0.328 e. The summed E-state index contributed by atoms with van der Waals surface area (Å²) in [5, 5.41) is 3.10. The number of rotatable bonds is 5. The highest BCUT2D eigenvalue weighted by Gasteiger charge is 2.03. The molecule has 0 aliphatic rings. The number of nitrogens with zero attached hydrogens (tertiary/aromatic N) is 1. The van der Waals surface area contributed by atoms with Gasteiger partial charge in [-0.3, -0.25) is 14.3 Å². The van der Waals surface area contributed by atoms with Crippen LogP contribution in [-0.2, 0) is 13.1 Å². The zero-order valence-electron chi connectivity index (χ0n) is 9.78. The minimum atomic E-state index is -0.998. The topological polar surface area (TPSA) is 66.9 Å². The van der Waals surface area contributed by atoms with E-state index in [-0.39, 0.29) is 6.54 Å². The second kappa shape index (κ2) is 6.14. The molecule has 2 N–H and O–H groups in total. The van der Waals surface area contributed by atoms with Gasteiger partial charge in [-0.1, -0.05) is 11.6 Å². The molecule has 0 aliphatic carbocycles. The molecule has 0 aromatic carbocycles. The summed E-state index contributed by atoms with van der Waals surface area (Å²) in [6, 6.07) is 3.72. The van der Waals surface area contributed by atoms with Crippen molar-refractivity contribution in [3.05, 3.63) is 54.2 Å². The molecule has 0 spiro atoms. The third-order valence-corrected chi connectivity index (χ3v) is 3.66. The van der Waals surface area contributed by atoms with Gasteiger partial charge in [0.1, 0.15) is 0 Å². The molecule has 0 aliphatic heterocycles. The Balaban J connectivity index is 1.88. The monoisotopic (exact) mass is 303 g/mol.